The number of aliphatic hydroxyl groups is 1. The molecule has 58 valence electrons. The van der Waals surface area contributed by atoms with E-state index < -0.39 is 18.0 Å². The molecule has 1 atom stereocenters. The molecule has 0 saturated carbocycles. The molecule has 0 spiro atoms. The van der Waals surface area contributed by atoms with Crippen molar-refractivity contribution in [2.45, 2.75) is 13.0 Å². The molecule has 5 nitrogen and oxygen atoms in total. The highest BCUT2D eigenvalue weighted by Gasteiger charge is 2.10. The van der Waals surface area contributed by atoms with Gasteiger partial charge in [-0.1, -0.05) is 0 Å². The zero-order valence-electron chi connectivity index (χ0n) is 5.84. The molecule has 0 aromatic carbocycles. The Balaban J connectivity index is 3.69. The molecule has 5 heteroatoms. The first-order chi connectivity index (χ1) is 4.57. The van der Waals surface area contributed by atoms with Crippen LogP contribution in [0.5, 0.6) is 0 Å². The lowest BCUT2D eigenvalue weighted by molar-refractivity contribution is -0.127. The van der Waals surface area contributed by atoms with E-state index in [-0.39, 0.29) is 0 Å². The van der Waals surface area contributed by atoms with Crippen molar-refractivity contribution in [1.29, 1.82) is 0 Å². The Hall–Kier alpha value is -1.10. The average molecular weight is 146 g/mol. The maximum atomic E-state index is 10.5. The number of imide groups is 1. The minimum absolute atomic E-state index is 0.620. The molecule has 0 aromatic rings. The van der Waals surface area contributed by atoms with Gasteiger partial charge in [0.1, 0.15) is 6.10 Å². The summed E-state index contributed by atoms with van der Waals surface area (Å²) in [6.07, 6.45) is -1.16. The van der Waals surface area contributed by atoms with E-state index in [9.17, 15) is 9.59 Å². The van der Waals surface area contributed by atoms with Gasteiger partial charge in [-0.05, 0) is 6.92 Å². The van der Waals surface area contributed by atoms with Crippen LogP contribution < -0.4 is 10.6 Å². The van der Waals surface area contributed by atoms with Crippen LogP contribution in [0.2, 0.25) is 0 Å². The van der Waals surface area contributed by atoms with Crippen molar-refractivity contribution in [3.05, 3.63) is 0 Å². The van der Waals surface area contributed by atoms with Crippen molar-refractivity contribution in [1.82, 2.24) is 10.6 Å². The zero-order valence-corrected chi connectivity index (χ0v) is 5.84. The lowest BCUT2D eigenvalue weighted by Crippen LogP contribution is -2.41. The van der Waals surface area contributed by atoms with Gasteiger partial charge in [-0.25, -0.2) is 4.79 Å². The molecule has 0 saturated heterocycles. The third-order valence-corrected chi connectivity index (χ3v) is 0.843. The predicted octanol–water partition coefficient (Wildman–Crippen LogP) is -1.18. The highest BCUT2D eigenvalue weighted by Crippen LogP contribution is 1.77. The van der Waals surface area contributed by atoms with Crippen LogP contribution in [-0.2, 0) is 4.79 Å². The molecule has 0 aliphatic rings. The number of amides is 3. The summed E-state index contributed by atoms with van der Waals surface area (Å²) >= 11 is 0. The second kappa shape index (κ2) is 3.84. The van der Waals surface area contributed by atoms with Crippen molar-refractivity contribution in [3.63, 3.8) is 0 Å². The Labute approximate surface area is 58.4 Å². The summed E-state index contributed by atoms with van der Waals surface area (Å²) in [6.45, 7) is 1.28. The van der Waals surface area contributed by atoms with E-state index >= 15 is 0 Å². The van der Waals surface area contributed by atoms with E-state index in [1.165, 1.54) is 14.0 Å². The van der Waals surface area contributed by atoms with E-state index in [0.717, 1.165) is 0 Å². The lowest BCUT2D eigenvalue weighted by atomic mass is 10.4. The number of hydrogen-bond acceptors (Lipinski definition) is 3. The van der Waals surface area contributed by atoms with Gasteiger partial charge < -0.3 is 10.4 Å². The summed E-state index contributed by atoms with van der Waals surface area (Å²) in [6, 6.07) is -0.620. The Morgan fingerprint density at radius 3 is 2.30 bits per heavy atom. The van der Waals surface area contributed by atoms with Gasteiger partial charge in [0.25, 0.3) is 5.91 Å². The van der Waals surface area contributed by atoms with Crippen molar-refractivity contribution in [2.75, 3.05) is 7.05 Å². The first-order valence-electron chi connectivity index (χ1n) is 2.78. The van der Waals surface area contributed by atoms with Crippen molar-refractivity contribution in [2.24, 2.45) is 0 Å². The van der Waals surface area contributed by atoms with Crippen LogP contribution in [-0.4, -0.2) is 30.2 Å². The van der Waals surface area contributed by atoms with Crippen LogP contribution in [0.25, 0.3) is 0 Å². The largest absolute Gasteiger partial charge is 0.384 e. The van der Waals surface area contributed by atoms with Gasteiger partial charge in [0.05, 0.1) is 0 Å². The molecule has 1 unspecified atom stereocenters. The first-order valence-corrected chi connectivity index (χ1v) is 2.78. The van der Waals surface area contributed by atoms with Gasteiger partial charge in [-0.3, -0.25) is 10.1 Å². The first kappa shape index (κ1) is 8.90. The molecular formula is C5H10N2O3. The molecule has 0 aromatic heterocycles. The standard InChI is InChI=1S/C5H10N2O3/c1-3(8)4(9)7-5(10)6-2/h3,8H,1-2H3,(H2,6,7,9,10). The van der Waals surface area contributed by atoms with Gasteiger partial charge >= 0.3 is 6.03 Å². The lowest BCUT2D eigenvalue weighted by Gasteiger charge is -2.03. The van der Waals surface area contributed by atoms with Crippen LogP contribution in [0, 0.1) is 0 Å². The Morgan fingerprint density at radius 1 is 1.50 bits per heavy atom. The van der Waals surface area contributed by atoms with E-state index in [2.05, 4.69) is 5.32 Å². The van der Waals surface area contributed by atoms with E-state index in [0.29, 0.717) is 0 Å². The molecule has 3 N–H and O–H groups in total. The molecule has 0 aliphatic carbocycles. The quantitative estimate of drug-likeness (QED) is 0.436. The fourth-order valence-corrected chi connectivity index (χ4v) is 0.279. The SMILES string of the molecule is CNC(=O)NC(=O)C(C)O. The number of carbonyl (C=O) groups is 2. The number of hydrogen-bond donors (Lipinski definition) is 3. The summed E-state index contributed by atoms with van der Waals surface area (Å²) in [4.78, 5) is 20.9. The van der Waals surface area contributed by atoms with Crippen LogP contribution >= 0.6 is 0 Å². The molecule has 0 heterocycles. The maximum absolute atomic E-state index is 10.5. The van der Waals surface area contributed by atoms with E-state index in [1.807, 2.05) is 5.32 Å². The van der Waals surface area contributed by atoms with Crippen LogP contribution in [0.3, 0.4) is 0 Å². The van der Waals surface area contributed by atoms with Gasteiger partial charge in [0.2, 0.25) is 0 Å². The van der Waals surface area contributed by atoms with Gasteiger partial charge in [0.15, 0.2) is 0 Å². The summed E-state index contributed by atoms with van der Waals surface area (Å²) in [5.41, 5.74) is 0. The summed E-state index contributed by atoms with van der Waals surface area (Å²) in [7, 11) is 1.38. The van der Waals surface area contributed by atoms with Gasteiger partial charge in [-0.2, -0.15) is 0 Å². The number of rotatable bonds is 1. The van der Waals surface area contributed by atoms with Gasteiger partial charge in [0, 0.05) is 7.05 Å². The minimum Gasteiger partial charge on any atom is -0.384 e. The number of carbonyl (C=O) groups excluding carboxylic acids is 2. The number of nitrogens with one attached hydrogen (secondary N) is 2. The second-order valence-corrected chi connectivity index (χ2v) is 1.74. The molecule has 3 amide bonds. The predicted molar refractivity (Wildman–Crippen MR) is 34.3 cm³/mol. The van der Waals surface area contributed by atoms with Crippen molar-refractivity contribution in [3.8, 4) is 0 Å². The topological polar surface area (TPSA) is 78.4 Å². The molecule has 0 aliphatic heterocycles. The third kappa shape index (κ3) is 3.03. The normalized spacial score (nSPS) is 11.9. The Bertz CT molecular complexity index is 144. The van der Waals surface area contributed by atoms with Gasteiger partial charge in [-0.15, -0.1) is 0 Å². The molecule has 10 heavy (non-hydrogen) atoms. The van der Waals surface area contributed by atoms with Crippen LogP contribution in [0.4, 0.5) is 4.79 Å². The molecule has 0 radical (unpaired) electrons. The zero-order chi connectivity index (χ0) is 8.15. The molecule has 0 rings (SSSR count). The fraction of sp³-hybridized carbons (Fsp3) is 0.600. The van der Waals surface area contributed by atoms with Crippen molar-refractivity contribution < 1.29 is 14.7 Å². The highest BCUT2D eigenvalue weighted by molar-refractivity contribution is 5.96. The van der Waals surface area contributed by atoms with Crippen LogP contribution in [0.15, 0.2) is 0 Å². The van der Waals surface area contributed by atoms with Crippen LogP contribution in [0.1, 0.15) is 6.92 Å². The third-order valence-electron chi connectivity index (χ3n) is 0.843. The average Bonchev–Trinajstić information content (AvgIpc) is 1.87. The summed E-state index contributed by atoms with van der Waals surface area (Å²) in [5.74, 6) is -0.709. The minimum atomic E-state index is -1.16. The molecule has 0 bridgehead atoms. The Kier molecular flexibility index (Phi) is 3.42. The Morgan fingerprint density at radius 2 is 2.00 bits per heavy atom. The van der Waals surface area contributed by atoms with E-state index in [1.54, 1.807) is 0 Å². The smallest absolute Gasteiger partial charge is 0.321 e. The molecule has 0 fully saturated rings. The summed E-state index contributed by atoms with van der Waals surface area (Å²) in [5, 5.41) is 12.6. The second-order valence-electron chi connectivity index (χ2n) is 1.74. The highest BCUT2D eigenvalue weighted by atomic mass is 16.3. The number of aliphatic hydroxyl groups excluding tert-OH is 1. The number of urea groups is 1. The monoisotopic (exact) mass is 146 g/mol. The maximum Gasteiger partial charge on any atom is 0.321 e. The summed E-state index contributed by atoms with van der Waals surface area (Å²) < 4.78 is 0. The molecular weight excluding hydrogens is 136 g/mol. The fourth-order valence-electron chi connectivity index (χ4n) is 0.279. The van der Waals surface area contributed by atoms with Crippen molar-refractivity contribution >= 4 is 11.9 Å². The van der Waals surface area contributed by atoms with E-state index in [4.69, 9.17) is 5.11 Å².